The summed E-state index contributed by atoms with van der Waals surface area (Å²) in [5, 5.41) is 51.2. The summed E-state index contributed by atoms with van der Waals surface area (Å²) < 4.78 is 0. The molecule has 22 nitrogen and oxygen atoms in total. The molecule has 2 heterocycles. The number of unbranched alkanes of at least 4 members (excludes halogenated alkanes) is 1. The summed E-state index contributed by atoms with van der Waals surface area (Å²) in [4.78, 5) is 119. The fourth-order valence-electron chi connectivity index (χ4n) is 9.79. The molecule has 7 amide bonds. The van der Waals surface area contributed by atoms with E-state index in [1.807, 2.05) is 66.7 Å². The van der Waals surface area contributed by atoms with E-state index in [4.69, 9.17) is 11.5 Å². The van der Waals surface area contributed by atoms with Crippen LogP contribution in [0, 0.1) is 0 Å². The lowest BCUT2D eigenvalue weighted by Crippen LogP contribution is -2.61. The number of aliphatic carboxylic acids is 1. The van der Waals surface area contributed by atoms with Crippen molar-refractivity contribution in [2.45, 2.75) is 113 Å². The number of H-pyrrole nitrogens is 2. The standard InChI is InChI=1S/C62H73N11O11S/c1-36(74)54(61(82)71-52(62(83)84)30-38-16-6-3-7-17-38)73-56(77)48(22-12-13-27-63)67-58(79)50(31-40-33-65-46-20-10-8-18-43(40)46)70-59(80)51(32-41-34-66-47-21-11-9-19-44(41)47)69-57(78)49(29-39-23-25-42(75)26-24-39)68-60(81)53(35-85)72-55(76)45(64)28-37-14-4-2-5-15-37/h2-11,14-21,23-26,33-34,36,45,48-54,65-66,74-75,85H,12-13,22,27-32,35,63-64H2,1H3,(H,67,79)(H,68,81)(H,69,78)(H,70,80)(H,71,82)(H,72,76)(H,73,77)(H,83,84)/t36-,45-,48+,49+,50-,51+,52+,53+,54+/m1/s1. The fourth-order valence-corrected chi connectivity index (χ4v) is 10.0. The molecule has 448 valence electrons. The molecule has 0 aliphatic heterocycles. The molecule has 0 saturated carbocycles. The summed E-state index contributed by atoms with van der Waals surface area (Å²) in [5.74, 6) is -7.47. The number of nitrogens with one attached hydrogen (secondary N) is 9. The van der Waals surface area contributed by atoms with Crippen LogP contribution in [0.3, 0.4) is 0 Å². The number of amides is 7. The monoisotopic (exact) mass is 1180 g/mol. The molecule has 0 aliphatic rings. The Hall–Kier alpha value is -9.03. The number of hydrogen-bond acceptors (Lipinski definition) is 13. The Balaban J connectivity index is 1.17. The molecule has 0 saturated heterocycles. The second-order valence-corrected chi connectivity index (χ2v) is 21.2. The van der Waals surface area contributed by atoms with Crippen LogP contribution < -0.4 is 48.7 Å². The smallest absolute Gasteiger partial charge is 0.326 e. The second-order valence-electron chi connectivity index (χ2n) is 20.9. The molecule has 0 aliphatic carbocycles. The number of carbonyl (C=O) groups is 8. The molecule has 0 bridgehead atoms. The number of aromatic hydroxyl groups is 1. The minimum atomic E-state index is -1.68. The van der Waals surface area contributed by atoms with Crippen molar-refractivity contribution in [3.8, 4) is 5.75 Å². The lowest BCUT2D eigenvalue weighted by atomic mass is 9.99. The molecule has 0 spiro atoms. The molecule has 0 unspecified atom stereocenters. The summed E-state index contributed by atoms with van der Waals surface area (Å²) in [5.41, 5.74) is 16.6. The van der Waals surface area contributed by atoms with Gasteiger partial charge in [0.15, 0.2) is 0 Å². The van der Waals surface area contributed by atoms with E-state index in [1.165, 1.54) is 19.1 Å². The van der Waals surface area contributed by atoms with Gasteiger partial charge in [-0.25, -0.2) is 4.79 Å². The van der Waals surface area contributed by atoms with Gasteiger partial charge in [0, 0.05) is 65.6 Å². The topological polar surface area (TPSA) is 365 Å². The molecule has 0 fully saturated rings. The summed E-state index contributed by atoms with van der Waals surface area (Å²) in [7, 11) is 0. The van der Waals surface area contributed by atoms with Crippen molar-refractivity contribution in [2.75, 3.05) is 12.3 Å². The average Bonchev–Trinajstić information content (AvgIpc) is 4.21. The number of phenolic OH excluding ortho intramolecular Hbond substituents is 1. The number of aromatic amines is 2. The SMILES string of the molecule is C[C@@H](O)[C@H](NC(=O)[C@H](CCCCN)NC(=O)[C@@H](Cc1c[nH]c2ccccc12)NC(=O)[C@H](Cc1c[nH]c2ccccc12)NC(=O)[C@H](Cc1ccc(O)cc1)NC(=O)[C@H](CS)NC(=O)[C@H](N)Cc1ccccc1)C(=O)N[C@@H](Cc1ccccc1)C(=O)O. The summed E-state index contributed by atoms with van der Waals surface area (Å²) in [6.07, 6.45) is 2.13. The molecule has 0 radical (unpaired) electrons. The Labute approximate surface area is 496 Å². The van der Waals surface area contributed by atoms with Gasteiger partial charge in [0.25, 0.3) is 0 Å². The zero-order chi connectivity index (χ0) is 61.0. The van der Waals surface area contributed by atoms with E-state index in [0.29, 0.717) is 35.1 Å². The van der Waals surface area contributed by atoms with Gasteiger partial charge in [-0.05, 0) is 91.2 Å². The van der Waals surface area contributed by atoms with Gasteiger partial charge in [0.2, 0.25) is 41.4 Å². The number of carboxylic acid groups (broad SMARTS) is 1. The predicted molar refractivity (Wildman–Crippen MR) is 324 cm³/mol. The van der Waals surface area contributed by atoms with Crippen molar-refractivity contribution >= 4 is 81.8 Å². The highest BCUT2D eigenvalue weighted by Gasteiger charge is 2.36. The van der Waals surface area contributed by atoms with E-state index in [9.17, 15) is 48.9 Å². The second kappa shape index (κ2) is 31.0. The van der Waals surface area contributed by atoms with E-state index < -0.39 is 102 Å². The quantitative estimate of drug-likeness (QED) is 0.0219. The van der Waals surface area contributed by atoms with Gasteiger partial charge in [0.1, 0.15) is 48.0 Å². The third kappa shape index (κ3) is 18.2. The number of hydrogen-bond donors (Lipinski definition) is 15. The van der Waals surface area contributed by atoms with Crippen molar-refractivity contribution in [1.82, 2.24) is 47.2 Å². The van der Waals surface area contributed by atoms with Gasteiger partial charge in [-0.2, -0.15) is 12.6 Å². The first kappa shape index (κ1) is 63.5. The van der Waals surface area contributed by atoms with Crippen LogP contribution in [0.25, 0.3) is 21.8 Å². The number of carbonyl (C=O) groups excluding carboxylic acids is 7. The number of carboxylic acids is 1. The Morgan fingerprint density at radius 1 is 0.482 bits per heavy atom. The molecule has 16 N–H and O–H groups in total. The first-order valence-electron chi connectivity index (χ1n) is 28.0. The maximum absolute atomic E-state index is 15.2. The number of thiol groups is 1. The lowest BCUT2D eigenvalue weighted by Gasteiger charge is -2.28. The summed E-state index contributed by atoms with van der Waals surface area (Å²) >= 11 is 4.35. The van der Waals surface area contributed by atoms with Crippen molar-refractivity contribution in [3.05, 3.63) is 174 Å². The van der Waals surface area contributed by atoms with E-state index in [0.717, 1.165) is 27.4 Å². The van der Waals surface area contributed by atoms with Crippen LogP contribution in [0.5, 0.6) is 5.75 Å². The highest BCUT2D eigenvalue weighted by atomic mass is 32.1. The number of fused-ring (bicyclic) bond motifs is 2. The van der Waals surface area contributed by atoms with E-state index in [1.54, 1.807) is 67.0 Å². The Bertz CT molecular complexity index is 3400. The van der Waals surface area contributed by atoms with Gasteiger partial charge in [0.05, 0.1) is 12.1 Å². The number of aliphatic hydroxyl groups is 1. The Morgan fingerprint density at radius 3 is 1.39 bits per heavy atom. The molecular weight excluding hydrogens is 1110 g/mol. The molecule has 5 aromatic carbocycles. The van der Waals surface area contributed by atoms with Gasteiger partial charge < -0.3 is 74.0 Å². The number of para-hydroxylation sites is 2. The van der Waals surface area contributed by atoms with Crippen molar-refractivity contribution in [3.63, 3.8) is 0 Å². The van der Waals surface area contributed by atoms with E-state index >= 15 is 4.79 Å². The minimum Gasteiger partial charge on any atom is -0.508 e. The van der Waals surface area contributed by atoms with Crippen LogP contribution in [-0.4, -0.2) is 139 Å². The van der Waals surface area contributed by atoms with Crippen LogP contribution >= 0.6 is 12.6 Å². The van der Waals surface area contributed by atoms with Crippen LogP contribution in [0.15, 0.2) is 146 Å². The number of rotatable bonds is 31. The number of aromatic nitrogens is 2. The van der Waals surface area contributed by atoms with E-state index in [-0.39, 0.29) is 56.6 Å². The molecular formula is C62H73N11O11S. The Kier molecular flexibility index (Phi) is 23.2. The average molecular weight is 1180 g/mol. The Morgan fingerprint density at radius 2 is 0.894 bits per heavy atom. The number of phenols is 1. The van der Waals surface area contributed by atoms with Crippen molar-refractivity contribution in [2.24, 2.45) is 11.5 Å². The first-order valence-corrected chi connectivity index (χ1v) is 28.6. The van der Waals surface area contributed by atoms with Crippen LogP contribution in [-0.2, 0) is 70.5 Å². The number of aliphatic hydroxyl groups excluding tert-OH is 1. The number of nitrogens with two attached hydrogens (primary N) is 2. The summed E-state index contributed by atoms with van der Waals surface area (Å²) in [6, 6.07) is 26.9. The van der Waals surface area contributed by atoms with E-state index in [2.05, 4.69) is 59.8 Å². The van der Waals surface area contributed by atoms with Crippen LogP contribution in [0.1, 0.15) is 54.0 Å². The molecule has 7 aromatic rings. The molecule has 9 atom stereocenters. The number of benzene rings is 5. The first-order chi connectivity index (χ1) is 40.9. The van der Waals surface area contributed by atoms with Crippen molar-refractivity contribution in [1.29, 1.82) is 0 Å². The third-order valence-corrected chi connectivity index (χ3v) is 14.8. The molecule has 2 aromatic heterocycles. The van der Waals surface area contributed by atoms with Gasteiger partial charge in [-0.3, -0.25) is 33.6 Å². The van der Waals surface area contributed by atoms with Gasteiger partial charge in [-0.1, -0.05) is 109 Å². The fraction of sp³-hybridized carbons (Fsp3) is 0.323. The predicted octanol–water partition coefficient (Wildman–Crippen LogP) is 2.11. The lowest BCUT2D eigenvalue weighted by molar-refractivity contribution is -0.143. The maximum atomic E-state index is 15.2. The van der Waals surface area contributed by atoms with Gasteiger partial charge in [-0.15, -0.1) is 0 Å². The highest BCUT2D eigenvalue weighted by molar-refractivity contribution is 7.80. The molecule has 7 rings (SSSR count). The normalized spacial score (nSPS) is 14.5. The zero-order valence-corrected chi connectivity index (χ0v) is 47.7. The summed E-state index contributed by atoms with van der Waals surface area (Å²) in [6.45, 7) is 1.47. The largest absolute Gasteiger partial charge is 0.508 e. The van der Waals surface area contributed by atoms with Crippen molar-refractivity contribution < 1.29 is 53.7 Å². The maximum Gasteiger partial charge on any atom is 0.326 e. The zero-order valence-electron chi connectivity index (χ0n) is 46.8. The molecule has 23 heteroatoms. The third-order valence-electron chi connectivity index (χ3n) is 14.5. The molecule has 85 heavy (non-hydrogen) atoms. The minimum absolute atomic E-state index is 0.0198. The van der Waals surface area contributed by atoms with Crippen LogP contribution in [0.4, 0.5) is 0 Å². The highest BCUT2D eigenvalue weighted by Crippen LogP contribution is 2.22. The van der Waals surface area contributed by atoms with Crippen LogP contribution in [0.2, 0.25) is 0 Å². The van der Waals surface area contributed by atoms with Gasteiger partial charge >= 0.3 is 5.97 Å².